The molecule has 1 heterocycles. The third-order valence-corrected chi connectivity index (χ3v) is 5.68. The molecule has 3 atom stereocenters. The van der Waals surface area contributed by atoms with Crippen LogP contribution in [0.4, 0.5) is 0 Å². The van der Waals surface area contributed by atoms with E-state index in [-0.39, 0.29) is 5.25 Å². The van der Waals surface area contributed by atoms with E-state index < -0.39 is 24.7 Å². The molecule has 1 rings (SSSR count). The first-order valence-electron chi connectivity index (χ1n) is 5.13. The van der Waals surface area contributed by atoms with Crippen molar-refractivity contribution in [3.05, 3.63) is 0 Å². The maximum atomic E-state index is 11.0. The van der Waals surface area contributed by atoms with E-state index in [1.807, 2.05) is 0 Å². The average molecular weight is 285 g/mol. The maximum absolute atomic E-state index is 11.0. The minimum atomic E-state index is -4.65. The molecular weight excluding hydrogens is 269 g/mol. The van der Waals surface area contributed by atoms with Crippen LogP contribution in [-0.4, -0.2) is 55.4 Å². The highest BCUT2D eigenvalue weighted by Crippen LogP contribution is 2.49. The Morgan fingerprint density at radius 2 is 2.00 bits per heavy atom. The van der Waals surface area contributed by atoms with E-state index in [4.69, 9.17) is 14.9 Å². The van der Waals surface area contributed by atoms with Crippen LogP contribution in [0.1, 0.15) is 12.8 Å². The van der Waals surface area contributed by atoms with Crippen molar-refractivity contribution in [3.8, 4) is 0 Å². The molecule has 0 bridgehead atoms. The predicted molar refractivity (Wildman–Crippen MR) is 63.0 cm³/mol. The van der Waals surface area contributed by atoms with E-state index in [2.05, 4.69) is 5.32 Å². The number of rotatable bonds is 4. The van der Waals surface area contributed by atoms with Gasteiger partial charge in [0.15, 0.2) is 0 Å². The Morgan fingerprint density at radius 3 is 2.53 bits per heavy atom. The number of carboxylic acids is 1. The second kappa shape index (κ2) is 6.17. The summed E-state index contributed by atoms with van der Waals surface area (Å²) in [4.78, 5) is 26.9. The fourth-order valence-corrected chi connectivity index (χ4v) is 3.98. The SMILES string of the molecule is O=C(O)C(SC1CCC(O)CNC1)P(=O)(O)O. The molecule has 0 aromatic carbocycles. The number of hydrogen-bond donors (Lipinski definition) is 5. The Kier molecular flexibility index (Phi) is 5.43. The van der Waals surface area contributed by atoms with Crippen LogP contribution >= 0.6 is 19.4 Å². The molecule has 3 unspecified atom stereocenters. The molecular formula is C8H16NO6PS. The third-order valence-electron chi connectivity index (χ3n) is 2.41. The van der Waals surface area contributed by atoms with Gasteiger partial charge in [0.05, 0.1) is 6.10 Å². The van der Waals surface area contributed by atoms with Gasteiger partial charge in [-0.3, -0.25) is 9.36 Å². The molecule has 1 aliphatic heterocycles. The normalized spacial score (nSPS) is 28.4. The van der Waals surface area contributed by atoms with Crippen molar-refractivity contribution >= 4 is 25.3 Å². The molecule has 0 aromatic heterocycles. The van der Waals surface area contributed by atoms with E-state index >= 15 is 0 Å². The summed E-state index contributed by atoms with van der Waals surface area (Å²) in [6, 6.07) is 0. The van der Waals surface area contributed by atoms with E-state index in [0.29, 0.717) is 25.9 Å². The van der Waals surface area contributed by atoms with E-state index in [9.17, 15) is 14.5 Å². The highest BCUT2D eigenvalue weighted by molar-refractivity contribution is 8.06. The summed E-state index contributed by atoms with van der Waals surface area (Å²) in [5, 5.41) is 20.9. The fraction of sp³-hybridized carbons (Fsp3) is 0.875. The Labute approximate surface area is 103 Å². The highest BCUT2D eigenvalue weighted by atomic mass is 32.2. The number of carboxylic acid groups (broad SMARTS) is 1. The molecule has 100 valence electrons. The molecule has 1 saturated heterocycles. The van der Waals surface area contributed by atoms with Crippen LogP contribution in [0.2, 0.25) is 0 Å². The van der Waals surface area contributed by atoms with Crippen LogP contribution < -0.4 is 5.32 Å². The second-order valence-electron chi connectivity index (χ2n) is 3.93. The molecule has 17 heavy (non-hydrogen) atoms. The van der Waals surface area contributed by atoms with Crippen LogP contribution in [0.3, 0.4) is 0 Å². The van der Waals surface area contributed by atoms with Gasteiger partial charge in [0.25, 0.3) is 0 Å². The van der Waals surface area contributed by atoms with Crippen LogP contribution in [0.25, 0.3) is 0 Å². The molecule has 0 amide bonds. The number of aliphatic hydroxyl groups excluding tert-OH is 1. The van der Waals surface area contributed by atoms with Crippen molar-refractivity contribution < 1.29 is 29.4 Å². The molecule has 0 aliphatic carbocycles. The molecule has 5 N–H and O–H groups in total. The fourth-order valence-electron chi connectivity index (χ4n) is 1.57. The Morgan fingerprint density at radius 1 is 1.35 bits per heavy atom. The van der Waals surface area contributed by atoms with Gasteiger partial charge in [-0.1, -0.05) is 0 Å². The topological polar surface area (TPSA) is 127 Å². The summed E-state index contributed by atoms with van der Waals surface area (Å²) in [5.74, 6) is -1.51. The van der Waals surface area contributed by atoms with E-state index in [1.54, 1.807) is 0 Å². The van der Waals surface area contributed by atoms with Gasteiger partial charge in [-0.25, -0.2) is 0 Å². The van der Waals surface area contributed by atoms with E-state index in [1.165, 1.54) is 0 Å². The monoisotopic (exact) mass is 285 g/mol. The number of hydrogen-bond acceptors (Lipinski definition) is 5. The lowest BCUT2D eigenvalue weighted by Gasteiger charge is -2.19. The van der Waals surface area contributed by atoms with Gasteiger partial charge in [0.1, 0.15) is 0 Å². The largest absolute Gasteiger partial charge is 0.480 e. The van der Waals surface area contributed by atoms with Gasteiger partial charge in [-0.05, 0) is 12.8 Å². The smallest absolute Gasteiger partial charge is 0.349 e. The minimum absolute atomic E-state index is 0.221. The number of thioether (sulfide) groups is 1. The zero-order chi connectivity index (χ0) is 13.1. The Balaban J connectivity index is 2.61. The summed E-state index contributed by atoms with van der Waals surface area (Å²) >= 11 is 0.760. The van der Waals surface area contributed by atoms with Gasteiger partial charge in [-0.15, -0.1) is 11.8 Å². The standard InChI is InChI=1S/C8H16NO6PS/c10-5-1-2-6(4-9-3-5)17-8(7(11)12)16(13,14)15/h5-6,8-10H,1-4H2,(H,11,12)(H2,13,14,15). The van der Waals surface area contributed by atoms with Crippen molar-refractivity contribution in [2.75, 3.05) is 13.1 Å². The van der Waals surface area contributed by atoms with Crippen molar-refractivity contribution in [2.24, 2.45) is 0 Å². The number of β-amino-alcohol motifs (C(OH)–C–C–N with tert-alkyl or cyclic N) is 1. The third kappa shape index (κ3) is 4.95. The predicted octanol–water partition coefficient (Wildman–Crippen LogP) is -0.579. The number of aliphatic hydroxyl groups is 1. The second-order valence-corrected chi connectivity index (χ2v) is 7.38. The van der Waals surface area contributed by atoms with Gasteiger partial charge in [0.2, 0.25) is 4.99 Å². The zero-order valence-electron chi connectivity index (χ0n) is 9.02. The van der Waals surface area contributed by atoms with Gasteiger partial charge >= 0.3 is 13.6 Å². The maximum Gasteiger partial charge on any atom is 0.349 e. The highest BCUT2D eigenvalue weighted by Gasteiger charge is 2.38. The molecule has 0 radical (unpaired) electrons. The van der Waals surface area contributed by atoms with Crippen molar-refractivity contribution in [1.82, 2.24) is 5.32 Å². The van der Waals surface area contributed by atoms with Crippen LogP contribution in [0.15, 0.2) is 0 Å². The first-order chi connectivity index (χ1) is 7.80. The van der Waals surface area contributed by atoms with Crippen molar-refractivity contribution in [3.63, 3.8) is 0 Å². The first kappa shape index (κ1) is 14.9. The van der Waals surface area contributed by atoms with Crippen molar-refractivity contribution in [2.45, 2.75) is 29.2 Å². The summed E-state index contributed by atoms with van der Waals surface area (Å²) < 4.78 is 11.0. The quantitative estimate of drug-likeness (QED) is 0.434. The number of nitrogens with one attached hydrogen (secondary N) is 1. The number of aliphatic carboxylic acids is 1. The Hall–Kier alpha value is -0.110. The first-order valence-corrected chi connectivity index (χ1v) is 7.75. The lowest BCUT2D eigenvalue weighted by molar-refractivity contribution is -0.135. The lowest BCUT2D eigenvalue weighted by atomic mass is 10.2. The molecule has 0 aromatic rings. The molecule has 1 aliphatic rings. The lowest BCUT2D eigenvalue weighted by Crippen LogP contribution is -2.29. The average Bonchev–Trinajstić information content (AvgIpc) is 2.37. The van der Waals surface area contributed by atoms with Gasteiger partial charge in [0, 0.05) is 18.3 Å². The van der Waals surface area contributed by atoms with Gasteiger partial charge in [-0.2, -0.15) is 0 Å². The van der Waals surface area contributed by atoms with Gasteiger partial charge < -0.3 is 25.3 Å². The summed E-state index contributed by atoms with van der Waals surface area (Å²) in [7, 11) is -4.65. The minimum Gasteiger partial charge on any atom is -0.480 e. The molecule has 0 saturated carbocycles. The van der Waals surface area contributed by atoms with Crippen molar-refractivity contribution in [1.29, 1.82) is 0 Å². The van der Waals surface area contributed by atoms with E-state index in [0.717, 1.165) is 11.8 Å². The molecule has 1 fully saturated rings. The summed E-state index contributed by atoms with van der Waals surface area (Å²) in [5.41, 5.74) is 0. The molecule has 0 spiro atoms. The van der Waals surface area contributed by atoms with Crippen LogP contribution in [-0.2, 0) is 9.36 Å². The zero-order valence-corrected chi connectivity index (χ0v) is 10.7. The Bertz CT molecular complexity index is 321. The summed E-state index contributed by atoms with van der Waals surface area (Å²) in [6.07, 6.45) is 0.541. The number of carbonyl (C=O) groups is 1. The molecule has 7 nitrogen and oxygen atoms in total. The van der Waals surface area contributed by atoms with Crippen LogP contribution in [0, 0.1) is 0 Å². The molecule has 9 heteroatoms. The van der Waals surface area contributed by atoms with Crippen LogP contribution in [0.5, 0.6) is 0 Å². The summed E-state index contributed by atoms with van der Waals surface area (Å²) in [6.45, 7) is 0.857.